The van der Waals surface area contributed by atoms with Crippen LogP contribution in [0, 0.1) is 0 Å². The van der Waals surface area contributed by atoms with E-state index in [1.165, 1.54) is 0 Å². The zero-order valence-corrected chi connectivity index (χ0v) is 5.70. The van der Waals surface area contributed by atoms with Gasteiger partial charge in [0.05, 0.1) is 17.4 Å². The van der Waals surface area contributed by atoms with Gasteiger partial charge in [0.2, 0.25) is 0 Å². The fourth-order valence-corrected chi connectivity index (χ4v) is 1.01. The minimum absolute atomic E-state index is 0.666. The molecule has 4 nitrogen and oxygen atoms in total. The number of aromatic amines is 1. The highest BCUT2D eigenvalue weighted by Gasteiger charge is 1.95. The first kappa shape index (κ1) is 6.18. The summed E-state index contributed by atoms with van der Waals surface area (Å²) < 4.78 is 0. The lowest BCUT2D eigenvalue weighted by Gasteiger charge is -1.95. The topological polar surface area (TPSA) is 60.9 Å². The molecule has 0 spiro atoms. The zero-order chi connectivity index (χ0) is 7.68. The summed E-state index contributed by atoms with van der Waals surface area (Å²) >= 11 is 0. The second-order valence-corrected chi connectivity index (χ2v) is 2.28. The molecule has 4 heteroatoms. The van der Waals surface area contributed by atoms with E-state index in [2.05, 4.69) is 15.7 Å². The molecule has 0 fully saturated rings. The number of aromatic nitrogens is 2. The summed E-state index contributed by atoms with van der Waals surface area (Å²) in [5, 5.41) is 16.2. The molecule has 1 aromatic carbocycles. The highest BCUT2D eigenvalue weighted by Crippen LogP contribution is 2.15. The summed E-state index contributed by atoms with van der Waals surface area (Å²) in [5.41, 5.74) is 3.69. The van der Waals surface area contributed by atoms with Gasteiger partial charge in [0, 0.05) is 5.39 Å². The third-order valence-corrected chi connectivity index (χ3v) is 1.57. The molecular formula is C7H7N3O. The first-order chi connectivity index (χ1) is 5.40. The number of anilines is 1. The Bertz CT molecular complexity index is 368. The molecule has 0 unspecified atom stereocenters. The number of nitrogens with one attached hydrogen (secondary N) is 2. The van der Waals surface area contributed by atoms with Gasteiger partial charge in [0.25, 0.3) is 0 Å². The van der Waals surface area contributed by atoms with Crippen LogP contribution in [-0.2, 0) is 0 Å². The second-order valence-electron chi connectivity index (χ2n) is 2.28. The minimum Gasteiger partial charge on any atom is -0.291 e. The number of H-pyrrole nitrogens is 1. The second kappa shape index (κ2) is 2.25. The molecule has 2 rings (SSSR count). The van der Waals surface area contributed by atoms with Gasteiger partial charge < -0.3 is 0 Å². The van der Waals surface area contributed by atoms with Crippen LogP contribution in [0.5, 0.6) is 0 Å². The average Bonchev–Trinajstić information content (AvgIpc) is 2.50. The van der Waals surface area contributed by atoms with Gasteiger partial charge in [-0.3, -0.25) is 15.8 Å². The van der Waals surface area contributed by atoms with Crippen molar-refractivity contribution in [3.63, 3.8) is 0 Å². The Morgan fingerprint density at radius 1 is 1.45 bits per heavy atom. The van der Waals surface area contributed by atoms with Crippen molar-refractivity contribution in [2.75, 3.05) is 5.48 Å². The van der Waals surface area contributed by atoms with Gasteiger partial charge in [-0.2, -0.15) is 5.10 Å². The molecule has 0 aliphatic rings. The number of rotatable bonds is 1. The molecule has 0 saturated heterocycles. The van der Waals surface area contributed by atoms with Crippen LogP contribution in [0.1, 0.15) is 0 Å². The lowest BCUT2D eigenvalue weighted by molar-refractivity contribution is 0.389. The van der Waals surface area contributed by atoms with Gasteiger partial charge in [0.15, 0.2) is 0 Å². The van der Waals surface area contributed by atoms with E-state index in [-0.39, 0.29) is 0 Å². The lowest BCUT2D eigenvalue weighted by Crippen LogP contribution is -1.86. The number of nitrogens with zero attached hydrogens (tertiary/aromatic N) is 1. The van der Waals surface area contributed by atoms with E-state index in [1.54, 1.807) is 18.3 Å². The fraction of sp³-hybridized carbons (Fsp3) is 0. The van der Waals surface area contributed by atoms with Crippen molar-refractivity contribution in [3.05, 3.63) is 24.4 Å². The molecule has 0 aliphatic carbocycles. The van der Waals surface area contributed by atoms with Crippen LogP contribution < -0.4 is 5.48 Å². The predicted octanol–water partition coefficient (Wildman–Crippen LogP) is 1.36. The van der Waals surface area contributed by atoms with E-state index in [4.69, 9.17) is 5.21 Å². The predicted molar refractivity (Wildman–Crippen MR) is 41.5 cm³/mol. The third kappa shape index (κ3) is 0.929. The number of fused-ring (bicyclic) bond motifs is 1. The molecule has 1 heterocycles. The van der Waals surface area contributed by atoms with E-state index < -0.39 is 0 Å². The van der Waals surface area contributed by atoms with Gasteiger partial charge in [0.1, 0.15) is 0 Å². The molecule has 0 atom stereocenters. The first-order valence-electron chi connectivity index (χ1n) is 3.23. The van der Waals surface area contributed by atoms with Crippen LogP contribution in [0.3, 0.4) is 0 Å². The molecule has 0 amide bonds. The van der Waals surface area contributed by atoms with Crippen LogP contribution in [0.2, 0.25) is 0 Å². The van der Waals surface area contributed by atoms with Crippen LogP contribution in [0.15, 0.2) is 24.4 Å². The van der Waals surface area contributed by atoms with Gasteiger partial charge >= 0.3 is 0 Å². The summed E-state index contributed by atoms with van der Waals surface area (Å²) in [7, 11) is 0. The maximum atomic E-state index is 8.55. The van der Waals surface area contributed by atoms with Crippen LogP contribution >= 0.6 is 0 Å². The van der Waals surface area contributed by atoms with Crippen molar-refractivity contribution in [3.8, 4) is 0 Å². The average molecular weight is 149 g/mol. The number of hydrogen-bond donors (Lipinski definition) is 3. The standard InChI is InChI=1S/C7H7N3O/c11-10-6-1-2-7-5(3-6)4-8-9-7/h1-4,10-11H,(H,8,9). The largest absolute Gasteiger partial charge is 0.291 e. The van der Waals surface area contributed by atoms with Gasteiger partial charge in [-0.05, 0) is 18.2 Å². The molecular weight excluding hydrogens is 142 g/mol. The summed E-state index contributed by atoms with van der Waals surface area (Å²) in [5.74, 6) is 0. The van der Waals surface area contributed by atoms with Crippen molar-refractivity contribution in [1.82, 2.24) is 10.2 Å². The monoisotopic (exact) mass is 149 g/mol. The number of benzene rings is 1. The van der Waals surface area contributed by atoms with E-state index in [0.717, 1.165) is 10.9 Å². The maximum Gasteiger partial charge on any atom is 0.0651 e. The Kier molecular flexibility index (Phi) is 1.26. The van der Waals surface area contributed by atoms with Crippen LogP contribution in [0.25, 0.3) is 10.9 Å². The van der Waals surface area contributed by atoms with E-state index >= 15 is 0 Å². The van der Waals surface area contributed by atoms with Crippen molar-refractivity contribution >= 4 is 16.6 Å². The zero-order valence-electron chi connectivity index (χ0n) is 5.70. The maximum absolute atomic E-state index is 8.55. The van der Waals surface area contributed by atoms with Gasteiger partial charge in [-0.25, -0.2) is 0 Å². The molecule has 0 aliphatic heterocycles. The summed E-state index contributed by atoms with van der Waals surface area (Å²) in [6.07, 6.45) is 1.70. The molecule has 1 aromatic heterocycles. The van der Waals surface area contributed by atoms with E-state index in [1.807, 2.05) is 6.07 Å². The van der Waals surface area contributed by atoms with Crippen molar-refractivity contribution in [2.45, 2.75) is 0 Å². The normalized spacial score (nSPS) is 10.3. The van der Waals surface area contributed by atoms with Crippen LogP contribution in [-0.4, -0.2) is 15.4 Å². The molecule has 3 N–H and O–H groups in total. The third-order valence-electron chi connectivity index (χ3n) is 1.57. The SMILES string of the molecule is ONc1ccc2[nH]ncc2c1. The molecule has 0 bridgehead atoms. The quantitative estimate of drug-likeness (QED) is 0.536. The summed E-state index contributed by atoms with van der Waals surface area (Å²) in [6.45, 7) is 0. The number of hydrogen-bond acceptors (Lipinski definition) is 3. The van der Waals surface area contributed by atoms with Crippen molar-refractivity contribution in [2.24, 2.45) is 0 Å². The highest BCUT2D eigenvalue weighted by atomic mass is 16.5. The molecule has 56 valence electrons. The van der Waals surface area contributed by atoms with Gasteiger partial charge in [-0.1, -0.05) is 0 Å². The van der Waals surface area contributed by atoms with Crippen molar-refractivity contribution < 1.29 is 5.21 Å². The summed E-state index contributed by atoms with van der Waals surface area (Å²) in [4.78, 5) is 0. The summed E-state index contributed by atoms with van der Waals surface area (Å²) in [6, 6.07) is 5.42. The molecule has 0 saturated carbocycles. The Labute approximate surface area is 62.8 Å². The lowest BCUT2D eigenvalue weighted by atomic mass is 10.2. The highest BCUT2D eigenvalue weighted by molar-refractivity contribution is 5.81. The fourth-order valence-electron chi connectivity index (χ4n) is 1.01. The minimum atomic E-state index is 0.666. The Morgan fingerprint density at radius 3 is 3.18 bits per heavy atom. The molecule has 11 heavy (non-hydrogen) atoms. The van der Waals surface area contributed by atoms with Crippen molar-refractivity contribution in [1.29, 1.82) is 0 Å². The smallest absolute Gasteiger partial charge is 0.0651 e. The molecule has 2 aromatic rings. The van der Waals surface area contributed by atoms with Crippen LogP contribution in [0.4, 0.5) is 5.69 Å². The van der Waals surface area contributed by atoms with Gasteiger partial charge in [-0.15, -0.1) is 0 Å². The van der Waals surface area contributed by atoms with E-state index in [0.29, 0.717) is 5.69 Å². The first-order valence-corrected chi connectivity index (χ1v) is 3.23. The Morgan fingerprint density at radius 2 is 2.36 bits per heavy atom. The Hall–Kier alpha value is -1.55. The van der Waals surface area contributed by atoms with E-state index in [9.17, 15) is 0 Å². The molecule has 0 radical (unpaired) electrons. The Balaban J connectivity index is 2.67.